The molecule has 0 spiro atoms. The zero-order valence-corrected chi connectivity index (χ0v) is 6.84. The molecule has 0 aliphatic carbocycles. The normalized spacial score (nSPS) is 8.44. The van der Waals surface area contributed by atoms with E-state index in [1.165, 1.54) is 3.57 Å². The van der Waals surface area contributed by atoms with Gasteiger partial charge in [0.05, 0.1) is 0 Å². The van der Waals surface area contributed by atoms with Crippen LogP contribution in [0.1, 0.15) is 5.56 Å². The zero-order valence-electron chi connectivity index (χ0n) is 4.69. The summed E-state index contributed by atoms with van der Waals surface area (Å²) in [5.41, 5.74) is 0.829. The first-order valence-corrected chi connectivity index (χ1v) is 3.59. The van der Waals surface area contributed by atoms with Crippen LogP contribution in [0.4, 0.5) is 0 Å². The Morgan fingerprint density at radius 2 is 1.78 bits per heavy atom. The van der Waals surface area contributed by atoms with Gasteiger partial charge in [0.2, 0.25) is 0 Å². The van der Waals surface area contributed by atoms with Crippen molar-refractivity contribution in [3.8, 4) is 5.92 Å². The summed E-state index contributed by atoms with van der Waals surface area (Å²) in [6, 6.07) is 7.65. The topological polar surface area (TPSA) is 0 Å². The summed E-state index contributed by atoms with van der Waals surface area (Å²) in [5, 5.41) is 0. The average Bonchev–Trinajstić information content (AvgIpc) is 1.90. The Bertz CT molecular complexity index is 228. The fourth-order valence-electron chi connectivity index (χ4n) is 0.533. The van der Waals surface area contributed by atoms with Crippen molar-refractivity contribution >= 4 is 22.6 Å². The highest BCUT2D eigenvalue weighted by Gasteiger charge is 1.84. The summed E-state index contributed by atoms with van der Waals surface area (Å²) < 4.78 is 1.19. The van der Waals surface area contributed by atoms with E-state index in [0.29, 0.717) is 0 Å². The van der Waals surface area contributed by atoms with Crippen LogP contribution in [-0.2, 0) is 0 Å². The van der Waals surface area contributed by atoms with Crippen molar-refractivity contribution in [1.29, 1.82) is 0 Å². The minimum atomic E-state index is 0.829. The van der Waals surface area contributed by atoms with Crippen LogP contribution in [0.15, 0.2) is 24.3 Å². The molecule has 1 radical (unpaired) electrons. The number of rotatable bonds is 0. The molecule has 0 saturated heterocycles. The van der Waals surface area contributed by atoms with Gasteiger partial charge in [-0.05, 0) is 53.3 Å². The Hall–Kier alpha value is -0.490. The van der Waals surface area contributed by atoms with E-state index in [2.05, 4.69) is 28.5 Å². The third-order valence-corrected chi connectivity index (χ3v) is 1.71. The molecule has 0 unspecified atom stereocenters. The van der Waals surface area contributed by atoms with Crippen LogP contribution in [0.2, 0.25) is 0 Å². The summed E-state index contributed by atoms with van der Waals surface area (Å²) in [6.07, 6.45) is 6.76. The van der Waals surface area contributed by atoms with Crippen LogP contribution in [0.3, 0.4) is 0 Å². The van der Waals surface area contributed by atoms with Crippen molar-refractivity contribution in [1.82, 2.24) is 0 Å². The molecule has 43 valence electrons. The van der Waals surface area contributed by atoms with Gasteiger partial charge in [0.25, 0.3) is 0 Å². The fraction of sp³-hybridized carbons (Fsp3) is 0. The van der Waals surface area contributed by atoms with Crippen LogP contribution in [-0.4, -0.2) is 0 Å². The van der Waals surface area contributed by atoms with Gasteiger partial charge in [0.15, 0.2) is 0 Å². The third-order valence-electron chi connectivity index (χ3n) is 0.989. The van der Waals surface area contributed by atoms with Crippen LogP contribution >= 0.6 is 22.6 Å². The summed E-state index contributed by atoms with van der Waals surface area (Å²) in [7, 11) is 0. The zero-order chi connectivity index (χ0) is 6.69. The predicted molar refractivity (Wildman–Crippen MR) is 45.4 cm³/mol. The molecule has 1 heteroatoms. The molecule has 1 aromatic carbocycles. The second-order valence-corrected chi connectivity index (χ2v) is 2.88. The van der Waals surface area contributed by atoms with E-state index in [-0.39, 0.29) is 0 Å². The molecule has 1 aromatic rings. The number of hydrogen-bond donors (Lipinski definition) is 0. The molecule has 0 bridgehead atoms. The van der Waals surface area contributed by atoms with Crippen LogP contribution in [0.5, 0.6) is 0 Å². The van der Waals surface area contributed by atoms with Crippen LogP contribution < -0.4 is 0 Å². The third kappa shape index (κ3) is 1.72. The number of halogens is 1. The monoisotopic (exact) mass is 227 g/mol. The molecule has 0 nitrogen and oxygen atoms in total. The lowest BCUT2D eigenvalue weighted by Crippen LogP contribution is -1.72. The van der Waals surface area contributed by atoms with Crippen LogP contribution in [0, 0.1) is 15.9 Å². The van der Waals surface area contributed by atoms with E-state index in [9.17, 15) is 0 Å². The maximum Gasteiger partial charge on any atom is 0.0256 e. The van der Waals surface area contributed by atoms with Crippen molar-refractivity contribution in [3.05, 3.63) is 39.8 Å². The van der Waals surface area contributed by atoms with Gasteiger partial charge in [-0.1, -0.05) is 5.92 Å². The van der Waals surface area contributed by atoms with Gasteiger partial charge in [-0.15, -0.1) is 0 Å². The Labute approximate surface area is 68.4 Å². The lowest BCUT2D eigenvalue weighted by atomic mass is 10.2. The van der Waals surface area contributed by atoms with E-state index in [0.717, 1.165) is 5.56 Å². The minimum Gasteiger partial charge on any atom is -0.0528 e. The molecular formula is C8H4I. The first-order valence-electron chi connectivity index (χ1n) is 2.51. The Balaban J connectivity index is 3.06. The molecule has 0 aromatic heterocycles. The van der Waals surface area contributed by atoms with E-state index in [1.807, 2.05) is 24.3 Å². The van der Waals surface area contributed by atoms with Gasteiger partial charge >= 0.3 is 0 Å². The van der Waals surface area contributed by atoms with Crippen molar-refractivity contribution in [2.45, 2.75) is 0 Å². The maximum atomic E-state index is 6.76. The first-order chi connectivity index (χ1) is 4.33. The molecule has 0 amide bonds. The molecule has 0 heterocycles. The summed E-state index contributed by atoms with van der Waals surface area (Å²) in [4.78, 5) is 0. The largest absolute Gasteiger partial charge is 0.0528 e. The van der Waals surface area contributed by atoms with Gasteiger partial charge in [-0.3, -0.25) is 0 Å². The van der Waals surface area contributed by atoms with Gasteiger partial charge < -0.3 is 0 Å². The minimum absolute atomic E-state index is 0.829. The highest BCUT2D eigenvalue weighted by atomic mass is 127. The SMILES string of the molecule is [C]#Cc1ccc(I)cc1. The smallest absolute Gasteiger partial charge is 0.0256 e. The highest BCUT2D eigenvalue weighted by Crippen LogP contribution is 2.04. The van der Waals surface area contributed by atoms with Crippen molar-refractivity contribution in [3.63, 3.8) is 0 Å². The van der Waals surface area contributed by atoms with Crippen molar-refractivity contribution < 1.29 is 0 Å². The van der Waals surface area contributed by atoms with Gasteiger partial charge in [0, 0.05) is 9.13 Å². The van der Waals surface area contributed by atoms with E-state index in [4.69, 9.17) is 6.42 Å². The second-order valence-electron chi connectivity index (χ2n) is 1.63. The molecule has 0 saturated carbocycles. The first kappa shape index (κ1) is 6.63. The quantitative estimate of drug-likeness (QED) is 0.471. The molecule has 0 fully saturated rings. The van der Waals surface area contributed by atoms with E-state index in [1.54, 1.807) is 0 Å². The van der Waals surface area contributed by atoms with E-state index < -0.39 is 0 Å². The Morgan fingerprint density at radius 1 is 1.22 bits per heavy atom. The second kappa shape index (κ2) is 2.88. The van der Waals surface area contributed by atoms with Crippen LogP contribution in [0.25, 0.3) is 0 Å². The number of hydrogen-bond acceptors (Lipinski definition) is 0. The maximum absolute atomic E-state index is 6.76. The molecule has 9 heavy (non-hydrogen) atoms. The van der Waals surface area contributed by atoms with E-state index >= 15 is 0 Å². The summed E-state index contributed by atoms with van der Waals surface area (Å²) in [5.74, 6) is 2.30. The lowest BCUT2D eigenvalue weighted by molar-refractivity contribution is 1.60. The molecule has 1 rings (SSSR count). The number of benzene rings is 1. The predicted octanol–water partition coefficient (Wildman–Crippen LogP) is 2.23. The molecule has 0 aliphatic heterocycles. The van der Waals surface area contributed by atoms with Gasteiger partial charge in [-0.2, -0.15) is 0 Å². The standard InChI is InChI=1S/C8H4I/c1-2-7-3-5-8(9)6-4-7/h3-6H. The average molecular weight is 227 g/mol. The van der Waals surface area contributed by atoms with Gasteiger partial charge in [0.1, 0.15) is 0 Å². The van der Waals surface area contributed by atoms with Crippen molar-refractivity contribution in [2.24, 2.45) is 0 Å². The molecule has 0 atom stereocenters. The lowest BCUT2D eigenvalue weighted by Gasteiger charge is -1.87. The fourth-order valence-corrected chi connectivity index (χ4v) is 0.893. The van der Waals surface area contributed by atoms with Crippen molar-refractivity contribution in [2.75, 3.05) is 0 Å². The Morgan fingerprint density at radius 3 is 2.22 bits per heavy atom. The highest BCUT2D eigenvalue weighted by molar-refractivity contribution is 14.1. The van der Waals surface area contributed by atoms with Gasteiger partial charge in [-0.25, -0.2) is 0 Å². The Kier molecular flexibility index (Phi) is 2.12. The molecule has 0 aliphatic rings. The molecule has 0 N–H and O–H groups in total. The summed E-state index contributed by atoms with van der Waals surface area (Å²) in [6.45, 7) is 0. The summed E-state index contributed by atoms with van der Waals surface area (Å²) >= 11 is 2.22. The molecular weight excluding hydrogens is 223 g/mol.